The number of carboxylic acid groups (broad SMARTS) is 1. The van der Waals surface area contributed by atoms with Crippen LogP contribution in [0.5, 0.6) is 0 Å². The number of aromatic nitrogens is 5. The molecule has 0 saturated carbocycles. The van der Waals surface area contributed by atoms with E-state index in [1.807, 2.05) is 22.8 Å². The number of carbonyl (C=O) groups is 1. The fraction of sp³-hybridized carbons (Fsp3) is 0.167. The Morgan fingerprint density at radius 1 is 1.17 bits per heavy atom. The number of hydrogen-bond acceptors (Lipinski definition) is 7. The minimum absolute atomic E-state index is 0.108. The highest BCUT2D eigenvalue weighted by molar-refractivity contribution is 7.15. The van der Waals surface area contributed by atoms with E-state index in [4.69, 9.17) is 11.6 Å². The van der Waals surface area contributed by atoms with Crippen molar-refractivity contribution >= 4 is 40.2 Å². The van der Waals surface area contributed by atoms with E-state index in [1.54, 1.807) is 35.1 Å². The molecule has 2 aliphatic rings. The number of allylic oxidation sites excluding steroid dienone is 1. The second-order valence-electron chi connectivity index (χ2n) is 8.33. The SMILES string of the molecule is O=C(O)c1ccc(C2=CN=C([C@@H]3CCc4cc(-c5cc(Cl)ccc5-n5cnnn5)cc(=O)n43)C2)s1. The minimum Gasteiger partial charge on any atom is -0.477 e. The Morgan fingerprint density at radius 3 is 2.83 bits per heavy atom. The lowest BCUT2D eigenvalue weighted by molar-refractivity contribution is 0.0702. The first-order chi connectivity index (χ1) is 17.0. The molecule has 5 heterocycles. The number of halogens is 1. The molecule has 0 saturated heterocycles. The Hall–Kier alpha value is -3.89. The zero-order valence-corrected chi connectivity index (χ0v) is 19.7. The van der Waals surface area contributed by atoms with E-state index in [0.717, 1.165) is 51.5 Å². The zero-order valence-electron chi connectivity index (χ0n) is 18.1. The summed E-state index contributed by atoms with van der Waals surface area (Å²) in [5, 5.41) is 21.2. The van der Waals surface area contributed by atoms with Crippen LogP contribution in [0.25, 0.3) is 22.4 Å². The van der Waals surface area contributed by atoms with Gasteiger partial charge in [-0.3, -0.25) is 9.79 Å². The van der Waals surface area contributed by atoms with Crippen molar-refractivity contribution in [3.8, 4) is 16.8 Å². The minimum atomic E-state index is -0.934. The highest BCUT2D eigenvalue weighted by atomic mass is 35.5. The number of aromatic carboxylic acids is 1. The fourth-order valence-electron chi connectivity index (χ4n) is 4.70. The third kappa shape index (κ3) is 3.80. The molecule has 174 valence electrons. The van der Waals surface area contributed by atoms with Crippen LogP contribution in [-0.2, 0) is 6.42 Å². The molecule has 0 radical (unpaired) electrons. The third-order valence-electron chi connectivity index (χ3n) is 6.27. The standard InChI is InChI=1S/C24H17ClN6O3S/c25-15-1-3-19(30-12-27-28-29-30)17(10-15)13-7-16-2-4-20(31(16)23(32)9-13)18-8-14(11-26-18)21-5-6-22(35-21)24(33)34/h1,3,5-7,9-12,20H,2,4,8H2,(H,33,34)/t20-/m0/s1. The number of pyridine rings is 1. The van der Waals surface area contributed by atoms with Gasteiger partial charge in [0.05, 0.1) is 11.7 Å². The first kappa shape index (κ1) is 21.6. The van der Waals surface area contributed by atoms with Crippen LogP contribution in [-0.4, -0.2) is 41.6 Å². The summed E-state index contributed by atoms with van der Waals surface area (Å²) >= 11 is 7.52. The molecule has 35 heavy (non-hydrogen) atoms. The average Bonchev–Trinajstić information content (AvgIpc) is 3.64. The molecule has 0 unspecified atom stereocenters. The summed E-state index contributed by atoms with van der Waals surface area (Å²) in [5.74, 6) is -0.934. The second-order valence-corrected chi connectivity index (χ2v) is 9.85. The molecule has 2 aliphatic heterocycles. The van der Waals surface area contributed by atoms with Crippen molar-refractivity contribution in [2.75, 3.05) is 0 Å². The Kier molecular flexibility index (Phi) is 5.19. The van der Waals surface area contributed by atoms with Gasteiger partial charge < -0.3 is 9.67 Å². The molecule has 0 aliphatic carbocycles. The van der Waals surface area contributed by atoms with Gasteiger partial charge in [0.15, 0.2) is 0 Å². The summed E-state index contributed by atoms with van der Waals surface area (Å²) in [6, 6.07) is 12.3. The van der Waals surface area contributed by atoms with Gasteiger partial charge >= 0.3 is 5.97 Å². The second kappa shape index (κ2) is 8.40. The first-order valence-electron chi connectivity index (χ1n) is 10.9. The zero-order chi connectivity index (χ0) is 24.1. The van der Waals surface area contributed by atoms with Crippen LogP contribution in [0, 0.1) is 0 Å². The number of fused-ring (bicyclic) bond motifs is 1. The van der Waals surface area contributed by atoms with Gasteiger partial charge in [-0.1, -0.05) is 11.6 Å². The van der Waals surface area contributed by atoms with Crippen molar-refractivity contribution in [1.29, 1.82) is 0 Å². The third-order valence-corrected chi connectivity index (χ3v) is 7.66. The number of aryl methyl sites for hydroxylation is 1. The van der Waals surface area contributed by atoms with Crippen molar-refractivity contribution in [2.24, 2.45) is 4.99 Å². The fourth-order valence-corrected chi connectivity index (χ4v) is 5.73. The quantitative estimate of drug-likeness (QED) is 0.434. The molecule has 9 nitrogen and oxygen atoms in total. The summed E-state index contributed by atoms with van der Waals surface area (Å²) in [7, 11) is 0. The molecule has 1 N–H and O–H groups in total. The van der Waals surface area contributed by atoms with E-state index < -0.39 is 5.97 Å². The molecule has 0 spiro atoms. The molecular weight excluding hydrogens is 488 g/mol. The van der Waals surface area contributed by atoms with E-state index in [1.165, 1.54) is 17.7 Å². The highest BCUT2D eigenvalue weighted by Crippen LogP contribution is 2.37. The van der Waals surface area contributed by atoms with Crippen molar-refractivity contribution in [3.63, 3.8) is 0 Å². The first-order valence-corrected chi connectivity index (χ1v) is 12.1. The average molecular weight is 505 g/mol. The van der Waals surface area contributed by atoms with Gasteiger partial charge in [-0.15, -0.1) is 16.4 Å². The van der Waals surface area contributed by atoms with Crippen LogP contribution < -0.4 is 5.56 Å². The topological polar surface area (TPSA) is 115 Å². The van der Waals surface area contributed by atoms with Crippen LogP contribution in [0.4, 0.5) is 0 Å². The number of carboxylic acids is 1. The van der Waals surface area contributed by atoms with Crippen LogP contribution in [0.1, 0.15) is 39.1 Å². The summed E-state index contributed by atoms with van der Waals surface area (Å²) < 4.78 is 3.36. The van der Waals surface area contributed by atoms with Gasteiger partial charge in [-0.2, -0.15) is 4.68 Å². The van der Waals surface area contributed by atoms with Gasteiger partial charge in [-0.25, -0.2) is 4.79 Å². The highest BCUT2D eigenvalue weighted by Gasteiger charge is 2.30. The summed E-state index contributed by atoms with van der Waals surface area (Å²) in [6.07, 6.45) is 5.40. The van der Waals surface area contributed by atoms with Crippen molar-refractivity contribution in [2.45, 2.75) is 25.3 Å². The number of nitrogens with zero attached hydrogens (tertiary/aromatic N) is 6. The maximum atomic E-state index is 13.3. The lowest BCUT2D eigenvalue weighted by Crippen LogP contribution is -2.27. The number of rotatable bonds is 5. The van der Waals surface area contributed by atoms with Crippen molar-refractivity contribution in [3.05, 3.63) is 85.8 Å². The molecular formula is C24H17ClN6O3S. The van der Waals surface area contributed by atoms with Crippen LogP contribution in [0.2, 0.25) is 5.02 Å². The predicted octanol–water partition coefficient (Wildman–Crippen LogP) is 4.28. The lowest BCUT2D eigenvalue weighted by atomic mass is 10.0. The maximum Gasteiger partial charge on any atom is 0.345 e. The number of thiophene rings is 1. The number of tetrazole rings is 1. The monoisotopic (exact) mass is 504 g/mol. The molecule has 3 aromatic heterocycles. The van der Waals surface area contributed by atoms with E-state index in [0.29, 0.717) is 16.3 Å². The molecule has 6 rings (SSSR count). The summed E-state index contributed by atoms with van der Waals surface area (Å²) in [6.45, 7) is 0. The van der Waals surface area contributed by atoms with Gasteiger partial charge in [0, 0.05) is 45.6 Å². The number of benzene rings is 1. The van der Waals surface area contributed by atoms with Gasteiger partial charge in [0.2, 0.25) is 0 Å². The Morgan fingerprint density at radius 2 is 2.06 bits per heavy atom. The molecule has 11 heteroatoms. The maximum absolute atomic E-state index is 13.3. The van der Waals surface area contributed by atoms with Crippen molar-refractivity contribution in [1.82, 2.24) is 24.8 Å². The number of aliphatic imine (C=N–C) groups is 1. The van der Waals surface area contributed by atoms with E-state index >= 15 is 0 Å². The smallest absolute Gasteiger partial charge is 0.345 e. The normalized spacial score (nSPS) is 16.8. The molecule has 0 bridgehead atoms. The Balaban J connectivity index is 1.31. The predicted molar refractivity (Wildman–Crippen MR) is 133 cm³/mol. The molecule has 4 aromatic rings. The Labute approximate surface area is 207 Å². The molecule has 1 atom stereocenters. The largest absolute Gasteiger partial charge is 0.477 e. The molecule has 0 fully saturated rings. The molecule has 1 aromatic carbocycles. The van der Waals surface area contributed by atoms with E-state index in [-0.39, 0.29) is 11.6 Å². The van der Waals surface area contributed by atoms with Crippen molar-refractivity contribution < 1.29 is 9.90 Å². The Bertz CT molecular complexity index is 1600. The van der Waals surface area contributed by atoms with E-state index in [2.05, 4.69) is 20.5 Å². The summed E-state index contributed by atoms with van der Waals surface area (Å²) in [4.78, 5) is 30.4. The van der Waals surface area contributed by atoms with E-state index in [9.17, 15) is 14.7 Å². The van der Waals surface area contributed by atoms with Crippen LogP contribution >= 0.6 is 22.9 Å². The lowest BCUT2D eigenvalue weighted by Gasteiger charge is -2.17. The summed E-state index contributed by atoms with van der Waals surface area (Å²) in [5.41, 5.74) is 4.95. The van der Waals surface area contributed by atoms with Gasteiger partial charge in [0.25, 0.3) is 5.56 Å². The van der Waals surface area contributed by atoms with Gasteiger partial charge in [0.1, 0.15) is 11.2 Å². The van der Waals surface area contributed by atoms with Crippen LogP contribution in [0.3, 0.4) is 0 Å². The van der Waals surface area contributed by atoms with Gasteiger partial charge in [-0.05, 0) is 70.8 Å². The number of hydrogen-bond donors (Lipinski definition) is 1. The van der Waals surface area contributed by atoms with Crippen LogP contribution in [0.15, 0.2) is 64.8 Å². The molecule has 0 amide bonds.